The highest BCUT2D eigenvalue weighted by atomic mass is 16.6. The molecule has 0 saturated carbocycles. The Kier molecular flexibility index (Phi) is 7.91. The molecule has 0 aromatic heterocycles. The number of carboxylic acid groups (broad SMARTS) is 1. The van der Waals surface area contributed by atoms with Gasteiger partial charge in [-0.3, -0.25) is 0 Å². The van der Waals surface area contributed by atoms with Crippen molar-refractivity contribution in [3.8, 4) is 0 Å². The SMILES string of the molecule is C=CCOCCC(C)C(NC(=O)OC(C)(C)C)C(=O)O. The molecule has 0 aromatic rings. The summed E-state index contributed by atoms with van der Waals surface area (Å²) in [6.07, 6.45) is 1.41. The van der Waals surface area contributed by atoms with Crippen molar-refractivity contribution in [3.63, 3.8) is 0 Å². The number of alkyl carbamates (subject to hydrolysis) is 1. The van der Waals surface area contributed by atoms with Crippen molar-refractivity contribution in [1.82, 2.24) is 5.32 Å². The molecule has 20 heavy (non-hydrogen) atoms. The largest absolute Gasteiger partial charge is 0.480 e. The van der Waals surface area contributed by atoms with E-state index in [0.717, 1.165) is 0 Å². The second-order valence-electron chi connectivity index (χ2n) is 5.59. The van der Waals surface area contributed by atoms with E-state index >= 15 is 0 Å². The average molecular weight is 287 g/mol. The van der Waals surface area contributed by atoms with Crippen LogP contribution in [0.1, 0.15) is 34.1 Å². The second-order valence-corrected chi connectivity index (χ2v) is 5.59. The van der Waals surface area contributed by atoms with Gasteiger partial charge >= 0.3 is 12.1 Å². The number of aliphatic carboxylic acids is 1. The predicted molar refractivity (Wildman–Crippen MR) is 75.6 cm³/mol. The third-order valence-corrected chi connectivity index (χ3v) is 2.46. The molecule has 2 N–H and O–H groups in total. The molecule has 0 rings (SSSR count). The molecule has 0 heterocycles. The van der Waals surface area contributed by atoms with Gasteiger partial charge in [0.15, 0.2) is 0 Å². The Bertz CT molecular complexity index is 335. The first-order chi connectivity index (χ1) is 9.17. The Morgan fingerprint density at radius 3 is 2.45 bits per heavy atom. The van der Waals surface area contributed by atoms with Gasteiger partial charge in [-0.25, -0.2) is 9.59 Å². The Morgan fingerprint density at radius 2 is 2.00 bits per heavy atom. The van der Waals surface area contributed by atoms with Crippen molar-refractivity contribution < 1.29 is 24.2 Å². The Balaban J connectivity index is 4.37. The molecule has 1 amide bonds. The van der Waals surface area contributed by atoms with Crippen molar-refractivity contribution in [2.75, 3.05) is 13.2 Å². The molecule has 0 bridgehead atoms. The fourth-order valence-electron chi connectivity index (χ4n) is 1.48. The quantitative estimate of drug-likeness (QED) is 0.528. The zero-order valence-electron chi connectivity index (χ0n) is 12.6. The summed E-state index contributed by atoms with van der Waals surface area (Å²) >= 11 is 0. The minimum atomic E-state index is -1.09. The van der Waals surface area contributed by atoms with Gasteiger partial charge in [0.2, 0.25) is 0 Å². The van der Waals surface area contributed by atoms with Crippen LogP contribution in [0.15, 0.2) is 12.7 Å². The van der Waals surface area contributed by atoms with E-state index in [2.05, 4.69) is 11.9 Å². The molecule has 6 nitrogen and oxygen atoms in total. The summed E-state index contributed by atoms with van der Waals surface area (Å²) in [4.78, 5) is 22.8. The van der Waals surface area contributed by atoms with Gasteiger partial charge in [-0.2, -0.15) is 0 Å². The van der Waals surface area contributed by atoms with Crippen LogP contribution >= 0.6 is 0 Å². The van der Waals surface area contributed by atoms with E-state index in [4.69, 9.17) is 14.6 Å². The lowest BCUT2D eigenvalue weighted by molar-refractivity contribution is -0.141. The van der Waals surface area contributed by atoms with Crippen LogP contribution in [0, 0.1) is 5.92 Å². The van der Waals surface area contributed by atoms with Crippen LogP contribution in [-0.2, 0) is 14.3 Å². The van der Waals surface area contributed by atoms with Crippen LogP contribution in [0.2, 0.25) is 0 Å². The molecule has 0 aromatic carbocycles. The summed E-state index contributed by atoms with van der Waals surface area (Å²) < 4.78 is 10.3. The van der Waals surface area contributed by atoms with Crippen molar-refractivity contribution >= 4 is 12.1 Å². The van der Waals surface area contributed by atoms with E-state index in [-0.39, 0.29) is 5.92 Å². The lowest BCUT2D eigenvalue weighted by Crippen LogP contribution is -2.47. The molecule has 116 valence electrons. The van der Waals surface area contributed by atoms with Crippen molar-refractivity contribution in [3.05, 3.63) is 12.7 Å². The first-order valence-electron chi connectivity index (χ1n) is 6.58. The Morgan fingerprint density at radius 1 is 1.40 bits per heavy atom. The van der Waals surface area contributed by atoms with Gasteiger partial charge in [0.25, 0.3) is 0 Å². The number of carboxylic acids is 1. The fraction of sp³-hybridized carbons (Fsp3) is 0.714. The molecule has 0 fully saturated rings. The lowest BCUT2D eigenvalue weighted by atomic mass is 9.99. The first-order valence-corrected chi connectivity index (χ1v) is 6.58. The number of hydrogen-bond acceptors (Lipinski definition) is 4. The summed E-state index contributed by atoms with van der Waals surface area (Å²) in [7, 11) is 0. The Hall–Kier alpha value is -1.56. The molecule has 2 unspecified atom stereocenters. The standard InChI is InChI=1S/C14H25NO5/c1-6-8-19-9-7-10(2)11(12(16)17)15-13(18)20-14(3,4)5/h6,10-11H,1,7-9H2,2-5H3,(H,15,18)(H,16,17). The van der Waals surface area contributed by atoms with E-state index in [0.29, 0.717) is 19.6 Å². The molecule has 0 aliphatic carbocycles. The third-order valence-electron chi connectivity index (χ3n) is 2.46. The number of nitrogens with one attached hydrogen (secondary N) is 1. The number of ether oxygens (including phenoxy) is 2. The van der Waals surface area contributed by atoms with Crippen LogP contribution < -0.4 is 5.32 Å². The molecule has 0 spiro atoms. The molecule has 6 heteroatoms. The monoisotopic (exact) mass is 287 g/mol. The number of carbonyl (C=O) groups is 2. The van der Waals surface area contributed by atoms with Gasteiger partial charge in [-0.1, -0.05) is 13.0 Å². The topological polar surface area (TPSA) is 84.9 Å². The van der Waals surface area contributed by atoms with E-state index in [1.54, 1.807) is 33.8 Å². The summed E-state index contributed by atoms with van der Waals surface area (Å²) in [5.41, 5.74) is -0.663. The maximum Gasteiger partial charge on any atom is 0.408 e. The van der Waals surface area contributed by atoms with Crippen LogP contribution in [0.3, 0.4) is 0 Å². The number of hydrogen-bond donors (Lipinski definition) is 2. The van der Waals surface area contributed by atoms with Crippen LogP contribution in [0.25, 0.3) is 0 Å². The second kappa shape index (κ2) is 8.58. The van der Waals surface area contributed by atoms with Crippen molar-refractivity contribution in [2.45, 2.75) is 45.8 Å². The molecule has 0 aliphatic heterocycles. The van der Waals surface area contributed by atoms with Gasteiger partial charge in [0.05, 0.1) is 6.61 Å². The number of rotatable bonds is 8. The van der Waals surface area contributed by atoms with Crippen molar-refractivity contribution in [1.29, 1.82) is 0 Å². The van der Waals surface area contributed by atoms with E-state index in [9.17, 15) is 9.59 Å². The average Bonchev–Trinajstić information content (AvgIpc) is 2.28. The summed E-state index contributed by atoms with van der Waals surface area (Å²) in [6, 6.07) is -1.00. The Labute approximate surface area is 120 Å². The van der Waals surface area contributed by atoms with E-state index in [1.807, 2.05) is 0 Å². The minimum absolute atomic E-state index is 0.273. The molecule has 0 radical (unpaired) electrons. The molecular formula is C14H25NO5. The highest BCUT2D eigenvalue weighted by molar-refractivity contribution is 5.80. The predicted octanol–water partition coefficient (Wildman–Crippen LogP) is 2.19. The lowest BCUT2D eigenvalue weighted by Gasteiger charge is -2.24. The number of carbonyl (C=O) groups excluding carboxylic acids is 1. The summed E-state index contributed by atoms with van der Waals surface area (Å²) in [6.45, 7) is 11.2. The smallest absolute Gasteiger partial charge is 0.408 e. The molecule has 0 saturated heterocycles. The highest BCUT2D eigenvalue weighted by Crippen LogP contribution is 2.12. The van der Waals surface area contributed by atoms with Gasteiger partial charge in [0.1, 0.15) is 11.6 Å². The van der Waals surface area contributed by atoms with Crippen LogP contribution in [0.4, 0.5) is 4.79 Å². The molecule has 0 aliphatic rings. The highest BCUT2D eigenvalue weighted by Gasteiger charge is 2.28. The van der Waals surface area contributed by atoms with Gasteiger partial charge in [-0.15, -0.1) is 6.58 Å². The zero-order chi connectivity index (χ0) is 15.8. The van der Waals surface area contributed by atoms with E-state index < -0.39 is 23.7 Å². The normalized spacial score (nSPS) is 14.2. The van der Waals surface area contributed by atoms with Crippen molar-refractivity contribution in [2.24, 2.45) is 5.92 Å². The summed E-state index contributed by atoms with van der Waals surface area (Å²) in [5.74, 6) is -1.36. The maximum absolute atomic E-state index is 11.6. The van der Waals surface area contributed by atoms with Gasteiger partial charge < -0.3 is 19.9 Å². The maximum atomic E-state index is 11.6. The van der Waals surface area contributed by atoms with Crippen LogP contribution in [-0.4, -0.2) is 42.0 Å². The first kappa shape index (κ1) is 18.4. The van der Waals surface area contributed by atoms with E-state index in [1.165, 1.54) is 0 Å². The fourth-order valence-corrected chi connectivity index (χ4v) is 1.48. The molecule has 2 atom stereocenters. The third kappa shape index (κ3) is 8.53. The summed E-state index contributed by atoms with van der Waals surface area (Å²) in [5, 5.41) is 11.5. The minimum Gasteiger partial charge on any atom is -0.480 e. The van der Waals surface area contributed by atoms with Crippen LogP contribution in [0.5, 0.6) is 0 Å². The molecular weight excluding hydrogens is 262 g/mol. The van der Waals surface area contributed by atoms with Gasteiger partial charge in [0, 0.05) is 6.61 Å². The van der Waals surface area contributed by atoms with Gasteiger partial charge in [-0.05, 0) is 33.1 Å². The zero-order valence-corrected chi connectivity index (χ0v) is 12.6. The number of amides is 1.